The molecule has 0 spiro atoms. The Balaban J connectivity index is 3.13. The lowest BCUT2D eigenvalue weighted by Crippen LogP contribution is -2.44. The van der Waals surface area contributed by atoms with Crippen LogP contribution in [0.5, 0.6) is 0 Å². The molecule has 1 fully saturated rings. The first-order valence-electron chi connectivity index (χ1n) is 6.34. The van der Waals surface area contributed by atoms with Gasteiger partial charge in [0, 0.05) is 0 Å². The SMILES string of the molecule is CCCC1C(C(C)C)CCC1(C(=O)O)C(=O)O. The molecule has 1 aliphatic carbocycles. The van der Waals surface area contributed by atoms with Gasteiger partial charge in [0.1, 0.15) is 0 Å². The van der Waals surface area contributed by atoms with Crippen molar-refractivity contribution in [3.63, 3.8) is 0 Å². The molecule has 0 saturated heterocycles. The fourth-order valence-corrected chi connectivity index (χ4v) is 3.34. The van der Waals surface area contributed by atoms with Gasteiger partial charge in [0.15, 0.2) is 5.41 Å². The van der Waals surface area contributed by atoms with Gasteiger partial charge < -0.3 is 10.2 Å². The Labute approximate surface area is 102 Å². The Morgan fingerprint density at radius 1 is 1.29 bits per heavy atom. The summed E-state index contributed by atoms with van der Waals surface area (Å²) in [6, 6.07) is 0. The Bertz CT molecular complexity index is 295. The van der Waals surface area contributed by atoms with Crippen molar-refractivity contribution >= 4 is 11.9 Å². The molecule has 0 aliphatic heterocycles. The first-order chi connectivity index (χ1) is 7.87. The number of rotatable bonds is 5. The second kappa shape index (κ2) is 5.07. The van der Waals surface area contributed by atoms with Crippen LogP contribution in [-0.2, 0) is 9.59 Å². The highest BCUT2D eigenvalue weighted by Gasteiger charge is 2.59. The molecule has 2 N–H and O–H groups in total. The highest BCUT2D eigenvalue weighted by molar-refractivity contribution is 5.99. The third-order valence-electron chi connectivity index (χ3n) is 4.24. The maximum atomic E-state index is 11.4. The van der Waals surface area contributed by atoms with Crippen molar-refractivity contribution in [2.24, 2.45) is 23.2 Å². The van der Waals surface area contributed by atoms with Crippen LogP contribution in [0.25, 0.3) is 0 Å². The Morgan fingerprint density at radius 3 is 2.18 bits per heavy atom. The second-order valence-corrected chi connectivity index (χ2v) is 5.42. The minimum atomic E-state index is -1.55. The van der Waals surface area contributed by atoms with E-state index in [4.69, 9.17) is 0 Å². The molecule has 2 atom stereocenters. The van der Waals surface area contributed by atoms with E-state index in [0.29, 0.717) is 18.8 Å². The molecule has 1 rings (SSSR count). The van der Waals surface area contributed by atoms with E-state index in [-0.39, 0.29) is 18.3 Å². The second-order valence-electron chi connectivity index (χ2n) is 5.42. The van der Waals surface area contributed by atoms with Crippen LogP contribution in [0.2, 0.25) is 0 Å². The maximum Gasteiger partial charge on any atom is 0.321 e. The monoisotopic (exact) mass is 242 g/mol. The molecule has 1 saturated carbocycles. The first-order valence-corrected chi connectivity index (χ1v) is 6.34. The van der Waals surface area contributed by atoms with Gasteiger partial charge in [-0.25, -0.2) is 0 Å². The third kappa shape index (κ3) is 2.17. The van der Waals surface area contributed by atoms with E-state index in [1.54, 1.807) is 0 Å². The smallest absolute Gasteiger partial charge is 0.321 e. The van der Waals surface area contributed by atoms with Crippen LogP contribution in [0.4, 0.5) is 0 Å². The largest absolute Gasteiger partial charge is 0.480 e. The van der Waals surface area contributed by atoms with Crippen LogP contribution in [0.1, 0.15) is 46.5 Å². The zero-order valence-electron chi connectivity index (χ0n) is 10.8. The number of hydrogen-bond donors (Lipinski definition) is 2. The highest BCUT2D eigenvalue weighted by Crippen LogP contribution is 2.52. The van der Waals surface area contributed by atoms with Crippen molar-refractivity contribution in [2.75, 3.05) is 0 Å². The van der Waals surface area contributed by atoms with Gasteiger partial charge in [0.25, 0.3) is 0 Å². The van der Waals surface area contributed by atoms with Gasteiger partial charge in [-0.1, -0.05) is 27.2 Å². The van der Waals surface area contributed by atoms with Gasteiger partial charge in [-0.15, -0.1) is 0 Å². The van der Waals surface area contributed by atoms with Crippen molar-refractivity contribution in [2.45, 2.75) is 46.5 Å². The minimum Gasteiger partial charge on any atom is -0.480 e. The van der Waals surface area contributed by atoms with E-state index in [9.17, 15) is 19.8 Å². The van der Waals surface area contributed by atoms with E-state index in [1.165, 1.54) is 0 Å². The Morgan fingerprint density at radius 2 is 1.82 bits per heavy atom. The third-order valence-corrected chi connectivity index (χ3v) is 4.24. The van der Waals surface area contributed by atoms with Gasteiger partial charge in [-0.3, -0.25) is 9.59 Å². The predicted molar refractivity (Wildman–Crippen MR) is 63.7 cm³/mol. The van der Waals surface area contributed by atoms with Crippen molar-refractivity contribution < 1.29 is 19.8 Å². The molecule has 4 heteroatoms. The lowest BCUT2D eigenvalue weighted by molar-refractivity contribution is -0.168. The molecule has 0 aromatic carbocycles. The molecule has 0 amide bonds. The van der Waals surface area contributed by atoms with Gasteiger partial charge >= 0.3 is 11.9 Å². The number of carboxylic acid groups (broad SMARTS) is 2. The maximum absolute atomic E-state index is 11.4. The van der Waals surface area contributed by atoms with E-state index >= 15 is 0 Å². The lowest BCUT2D eigenvalue weighted by Gasteiger charge is -2.31. The molecule has 1 aliphatic rings. The number of aliphatic carboxylic acids is 2. The zero-order chi connectivity index (χ0) is 13.2. The molecular weight excluding hydrogens is 220 g/mol. The van der Waals surface area contributed by atoms with Crippen LogP contribution >= 0.6 is 0 Å². The highest BCUT2D eigenvalue weighted by atomic mass is 16.4. The van der Waals surface area contributed by atoms with Gasteiger partial charge in [-0.2, -0.15) is 0 Å². The van der Waals surface area contributed by atoms with Gasteiger partial charge in [0.05, 0.1) is 0 Å². The first kappa shape index (κ1) is 14.0. The van der Waals surface area contributed by atoms with Crippen molar-refractivity contribution in [1.82, 2.24) is 0 Å². The molecule has 0 aromatic rings. The Kier molecular flexibility index (Phi) is 4.17. The van der Waals surface area contributed by atoms with E-state index in [1.807, 2.05) is 20.8 Å². The zero-order valence-corrected chi connectivity index (χ0v) is 10.8. The van der Waals surface area contributed by atoms with Crippen LogP contribution < -0.4 is 0 Å². The molecule has 0 bridgehead atoms. The summed E-state index contributed by atoms with van der Waals surface area (Å²) in [5.74, 6) is -2.00. The molecule has 98 valence electrons. The summed E-state index contributed by atoms with van der Waals surface area (Å²) >= 11 is 0. The number of carbonyl (C=O) groups is 2. The molecule has 17 heavy (non-hydrogen) atoms. The number of hydrogen-bond acceptors (Lipinski definition) is 2. The summed E-state index contributed by atoms with van der Waals surface area (Å²) < 4.78 is 0. The van der Waals surface area contributed by atoms with Crippen molar-refractivity contribution in [1.29, 1.82) is 0 Å². The molecule has 2 unspecified atom stereocenters. The molecule has 0 aromatic heterocycles. The topological polar surface area (TPSA) is 74.6 Å². The summed E-state index contributed by atoms with van der Waals surface area (Å²) in [5.41, 5.74) is -1.55. The predicted octanol–water partition coefficient (Wildman–Crippen LogP) is 2.62. The summed E-state index contributed by atoms with van der Waals surface area (Å²) in [6.07, 6.45) is 2.49. The molecule has 0 heterocycles. The van der Waals surface area contributed by atoms with Crippen LogP contribution in [0, 0.1) is 23.2 Å². The van der Waals surface area contributed by atoms with Gasteiger partial charge in [0.2, 0.25) is 0 Å². The Hall–Kier alpha value is -1.06. The van der Waals surface area contributed by atoms with Crippen LogP contribution in [0.15, 0.2) is 0 Å². The fraction of sp³-hybridized carbons (Fsp3) is 0.846. The summed E-state index contributed by atoms with van der Waals surface area (Å²) in [5, 5.41) is 18.7. The van der Waals surface area contributed by atoms with Crippen LogP contribution in [0.3, 0.4) is 0 Å². The summed E-state index contributed by atoms with van der Waals surface area (Å²) in [7, 11) is 0. The van der Waals surface area contributed by atoms with Crippen molar-refractivity contribution in [3.05, 3.63) is 0 Å². The fourth-order valence-electron chi connectivity index (χ4n) is 3.34. The summed E-state index contributed by atoms with van der Waals surface area (Å²) in [4.78, 5) is 22.9. The molecule has 0 radical (unpaired) electrons. The standard InChI is InChI=1S/C13H22O4/c1-4-5-10-9(8(2)3)6-7-13(10,11(14)15)12(16)17/h8-10H,4-7H2,1-3H3,(H,14,15)(H,16,17). The minimum absolute atomic E-state index is 0.210. The van der Waals surface area contributed by atoms with E-state index in [2.05, 4.69) is 0 Å². The average Bonchev–Trinajstić information content (AvgIpc) is 2.58. The van der Waals surface area contributed by atoms with Crippen LogP contribution in [-0.4, -0.2) is 22.2 Å². The average molecular weight is 242 g/mol. The number of carboxylic acids is 2. The van der Waals surface area contributed by atoms with Gasteiger partial charge in [-0.05, 0) is 37.0 Å². The van der Waals surface area contributed by atoms with E-state index in [0.717, 1.165) is 6.42 Å². The molecule has 4 nitrogen and oxygen atoms in total. The quantitative estimate of drug-likeness (QED) is 0.727. The van der Waals surface area contributed by atoms with E-state index < -0.39 is 17.4 Å². The normalized spacial score (nSPS) is 27.3. The summed E-state index contributed by atoms with van der Waals surface area (Å²) in [6.45, 7) is 6.07. The lowest BCUT2D eigenvalue weighted by atomic mass is 9.71. The van der Waals surface area contributed by atoms with Crippen molar-refractivity contribution in [3.8, 4) is 0 Å². The molecular formula is C13H22O4.